The first-order valence-electron chi connectivity index (χ1n) is 6.67. The minimum Gasteiger partial charge on any atom is -0.399 e. The summed E-state index contributed by atoms with van der Waals surface area (Å²) in [7, 11) is 0. The molecule has 21 heavy (non-hydrogen) atoms. The lowest BCUT2D eigenvalue weighted by atomic mass is 10.1. The maximum atomic E-state index is 12.2. The molecule has 4 heteroatoms. The van der Waals surface area contributed by atoms with Crippen LogP contribution in [0.2, 0.25) is 0 Å². The van der Waals surface area contributed by atoms with Gasteiger partial charge in [-0.15, -0.1) is 0 Å². The maximum Gasteiger partial charge on any atom is 0.254 e. The number of nitrogen functional groups attached to an aromatic ring is 1. The average Bonchev–Trinajstić information content (AvgIpc) is 2.51. The summed E-state index contributed by atoms with van der Waals surface area (Å²) in [5.41, 5.74) is 9.31. The fraction of sp³-hybridized carbons (Fsp3) is 0.0588. The molecule has 4 nitrogen and oxygen atoms in total. The first-order valence-corrected chi connectivity index (χ1v) is 6.67. The number of H-pyrrole nitrogens is 1. The topological polar surface area (TPSA) is 71.8 Å². The van der Waals surface area contributed by atoms with E-state index in [9.17, 15) is 4.79 Å². The second-order valence-corrected chi connectivity index (χ2v) is 4.88. The molecule has 1 aromatic heterocycles. The summed E-state index contributed by atoms with van der Waals surface area (Å²) in [5.74, 6) is 0.525. The minimum atomic E-state index is -0.138. The van der Waals surface area contributed by atoms with E-state index in [-0.39, 0.29) is 5.56 Å². The smallest absolute Gasteiger partial charge is 0.254 e. The lowest BCUT2D eigenvalue weighted by Gasteiger charge is -2.08. The Kier molecular flexibility index (Phi) is 3.28. The highest BCUT2D eigenvalue weighted by Gasteiger charge is 2.10. The van der Waals surface area contributed by atoms with E-state index in [0.29, 0.717) is 22.8 Å². The van der Waals surface area contributed by atoms with Gasteiger partial charge in [-0.05, 0) is 19.1 Å². The monoisotopic (exact) mass is 277 g/mol. The van der Waals surface area contributed by atoms with Gasteiger partial charge in [-0.1, -0.05) is 42.5 Å². The molecule has 0 aliphatic heterocycles. The molecular weight excluding hydrogens is 262 g/mol. The Bertz CT molecular complexity index is 838. The highest BCUT2D eigenvalue weighted by atomic mass is 16.1. The average molecular weight is 277 g/mol. The van der Waals surface area contributed by atoms with Crippen LogP contribution in [0.25, 0.3) is 22.6 Å². The van der Waals surface area contributed by atoms with E-state index in [2.05, 4.69) is 9.97 Å². The molecule has 0 bridgehead atoms. The quantitative estimate of drug-likeness (QED) is 0.707. The van der Waals surface area contributed by atoms with Gasteiger partial charge in [0.15, 0.2) is 0 Å². The van der Waals surface area contributed by atoms with Crippen LogP contribution in [0.3, 0.4) is 0 Å². The summed E-state index contributed by atoms with van der Waals surface area (Å²) < 4.78 is 0. The van der Waals surface area contributed by atoms with Gasteiger partial charge < -0.3 is 10.7 Å². The highest BCUT2D eigenvalue weighted by Crippen LogP contribution is 2.22. The van der Waals surface area contributed by atoms with Crippen LogP contribution in [0.4, 0.5) is 5.69 Å². The van der Waals surface area contributed by atoms with Crippen molar-refractivity contribution in [3.63, 3.8) is 0 Å². The highest BCUT2D eigenvalue weighted by molar-refractivity contribution is 5.67. The molecule has 0 fully saturated rings. The Balaban J connectivity index is 2.21. The Morgan fingerprint density at radius 2 is 1.71 bits per heavy atom. The van der Waals surface area contributed by atoms with E-state index >= 15 is 0 Å². The lowest BCUT2D eigenvalue weighted by molar-refractivity contribution is 1.09. The Morgan fingerprint density at radius 1 is 1.00 bits per heavy atom. The standard InChI is InChI=1S/C17H15N3O/c1-11-15(12-6-3-2-4-7-12)19-16(20-17(11)21)13-8-5-9-14(18)10-13/h2-10H,18H2,1H3,(H,19,20,21). The van der Waals surface area contributed by atoms with Crippen molar-refractivity contribution >= 4 is 5.69 Å². The van der Waals surface area contributed by atoms with E-state index < -0.39 is 0 Å². The van der Waals surface area contributed by atoms with Crippen molar-refractivity contribution in [2.45, 2.75) is 6.92 Å². The van der Waals surface area contributed by atoms with Gasteiger partial charge >= 0.3 is 0 Å². The number of rotatable bonds is 2. The molecule has 0 unspecified atom stereocenters. The second kappa shape index (κ2) is 5.25. The molecule has 0 saturated carbocycles. The van der Waals surface area contributed by atoms with Crippen LogP contribution in [0, 0.1) is 6.92 Å². The molecule has 1 heterocycles. The first-order chi connectivity index (χ1) is 10.1. The number of nitrogens with two attached hydrogens (primary N) is 1. The predicted octanol–water partition coefficient (Wildman–Crippen LogP) is 2.99. The predicted molar refractivity (Wildman–Crippen MR) is 84.9 cm³/mol. The van der Waals surface area contributed by atoms with E-state index in [1.165, 1.54) is 0 Å². The molecule has 104 valence electrons. The fourth-order valence-corrected chi connectivity index (χ4v) is 2.23. The van der Waals surface area contributed by atoms with Crippen LogP contribution >= 0.6 is 0 Å². The number of aromatic amines is 1. The Labute approximate surface area is 122 Å². The fourth-order valence-electron chi connectivity index (χ4n) is 2.23. The van der Waals surface area contributed by atoms with Crippen molar-refractivity contribution in [1.82, 2.24) is 9.97 Å². The molecule has 3 aromatic rings. The van der Waals surface area contributed by atoms with Gasteiger partial charge in [-0.25, -0.2) is 4.98 Å². The third-order valence-electron chi connectivity index (χ3n) is 3.36. The molecule has 0 saturated heterocycles. The van der Waals surface area contributed by atoms with Crippen molar-refractivity contribution < 1.29 is 0 Å². The normalized spacial score (nSPS) is 10.5. The van der Waals surface area contributed by atoms with Crippen molar-refractivity contribution in [2.75, 3.05) is 5.73 Å². The van der Waals surface area contributed by atoms with E-state index in [0.717, 1.165) is 11.1 Å². The van der Waals surface area contributed by atoms with Crippen molar-refractivity contribution in [1.29, 1.82) is 0 Å². The van der Waals surface area contributed by atoms with Gasteiger partial charge in [0.05, 0.1) is 5.69 Å². The summed E-state index contributed by atoms with van der Waals surface area (Å²) >= 11 is 0. The van der Waals surface area contributed by atoms with Crippen LogP contribution < -0.4 is 11.3 Å². The summed E-state index contributed by atoms with van der Waals surface area (Å²) in [4.78, 5) is 19.6. The number of aromatic nitrogens is 2. The molecule has 3 N–H and O–H groups in total. The number of nitrogens with zero attached hydrogens (tertiary/aromatic N) is 1. The molecule has 2 aromatic carbocycles. The third-order valence-corrected chi connectivity index (χ3v) is 3.36. The number of benzene rings is 2. The molecular formula is C17H15N3O. The van der Waals surface area contributed by atoms with Gasteiger partial charge in [-0.3, -0.25) is 4.79 Å². The molecule has 0 aliphatic rings. The summed E-state index contributed by atoms with van der Waals surface area (Å²) in [6, 6.07) is 17.0. The number of nitrogens with one attached hydrogen (secondary N) is 1. The van der Waals surface area contributed by atoms with Crippen molar-refractivity contribution in [3.8, 4) is 22.6 Å². The van der Waals surface area contributed by atoms with Gasteiger partial charge in [0, 0.05) is 22.4 Å². The van der Waals surface area contributed by atoms with Crippen LogP contribution in [0.1, 0.15) is 5.56 Å². The Morgan fingerprint density at radius 3 is 2.43 bits per heavy atom. The van der Waals surface area contributed by atoms with Crippen LogP contribution in [-0.4, -0.2) is 9.97 Å². The van der Waals surface area contributed by atoms with Gasteiger partial charge in [-0.2, -0.15) is 0 Å². The summed E-state index contributed by atoms with van der Waals surface area (Å²) in [6.07, 6.45) is 0. The van der Waals surface area contributed by atoms with Gasteiger partial charge in [0.1, 0.15) is 5.82 Å². The van der Waals surface area contributed by atoms with Crippen molar-refractivity contribution in [3.05, 3.63) is 70.5 Å². The molecule has 0 atom stereocenters. The van der Waals surface area contributed by atoms with Crippen LogP contribution in [0.5, 0.6) is 0 Å². The molecule has 0 radical (unpaired) electrons. The van der Waals surface area contributed by atoms with Crippen LogP contribution in [0.15, 0.2) is 59.4 Å². The largest absolute Gasteiger partial charge is 0.399 e. The van der Waals surface area contributed by atoms with E-state index in [1.54, 1.807) is 19.1 Å². The molecule has 3 rings (SSSR count). The zero-order valence-corrected chi connectivity index (χ0v) is 11.6. The SMILES string of the molecule is Cc1c(-c2ccccc2)nc(-c2cccc(N)c2)[nH]c1=O. The number of anilines is 1. The summed E-state index contributed by atoms with van der Waals surface area (Å²) in [6.45, 7) is 1.78. The zero-order valence-electron chi connectivity index (χ0n) is 11.6. The molecule has 0 spiro atoms. The third kappa shape index (κ3) is 2.56. The summed E-state index contributed by atoms with van der Waals surface area (Å²) in [5, 5.41) is 0. The molecule has 0 aliphatic carbocycles. The van der Waals surface area contributed by atoms with Gasteiger partial charge in [0.2, 0.25) is 0 Å². The van der Waals surface area contributed by atoms with Crippen LogP contribution in [-0.2, 0) is 0 Å². The lowest BCUT2D eigenvalue weighted by Crippen LogP contribution is -2.14. The zero-order chi connectivity index (χ0) is 14.8. The van der Waals surface area contributed by atoms with Gasteiger partial charge in [0.25, 0.3) is 5.56 Å². The van der Waals surface area contributed by atoms with Crippen molar-refractivity contribution in [2.24, 2.45) is 0 Å². The molecule has 0 amide bonds. The maximum absolute atomic E-state index is 12.2. The van der Waals surface area contributed by atoms with E-state index in [1.807, 2.05) is 42.5 Å². The van der Waals surface area contributed by atoms with E-state index in [4.69, 9.17) is 5.73 Å². The number of hydrogen-bond donors (Lipinski definition) is 2. The minimum absolute atomic E-state index is 0.138. The second-order valence-electron chi connectivity index (χ2n) is 4.88. The first kappa shape index (κ1) is 13.1. The Hall–Kier alpha value is -2.88. The number of hydrogen-bond acceptors (Lipinski definition) is 3.